The smallest absolute Gasteiger partial charge is 0.220 e. The van der Waals surface area contributed by atoms with Crippen LogP contribution in [0.25, 0.3) is 23.3 Å². The molecule has 0 atom stereocenters. The van der Waals surface area contributed by atoms with Gasteiger partial charge in [-0.15, -0.1) is 0 Å². The molecule has 1 N–H and O–H groups in total. The number of oxazole rings is 1. The van der Waals surface area contributed by atoms with Crippen molar-refractivity contribution in [2.24, 2.45) is 0 Å². The number of rotatable bonds is 4. The lowest BCUT2D eigenvalue weighted by Gasteiger charge is -2.04. The molecule has 1 heterocycles. The maximum absolute atomic E-state index is 9.14. The minimum absolute atomic E-state index is 0.0101. The van der Waals surface area contributed by atoms with Crippen LogP contribution in [0.15, 0.2) is 46.9 Å². The van der Waals surface area contributed by atoms with E-state index in [0.717, 1.165) is 22.2 Å². The Hall–Kier alpha value is -2.39. The van der Waals surface area contributed by atoms with Gasteiger partial charge in [-0.1, -0.05) is 44.2 Å². The first-order valence-corrected chi connectivity index (χ1v) is 7.44. The lowest BCUT2D eigenvalue weighted by Crippen LogP contribution is -1.85. The van der Waals surface area contributed by atoms with Gasteiger partial charge < -0.3 is 9.52 Å². The van der Waals surface area contributed by atoms with E-state index in [4.69, 9.17) is 9.52 Å². The molecule has 0 spiro atoms. The van der Waals surface area contributed by atoms with Crippen LogP contribution in [-0.4, -0.2) is 10.1 Å². The monoisotopic (exact) mass is 293 g/mol. The van der Waals surface area contributed by atoms with Gasteiger partial charge in [-0.25, -0.2) is 4.98 Å². The molecule has 0 aliphatic rings. The number of aromatic nitrogens is 1. The largest absolute Gasteiger partial charge is 0.437 e. The lowest BCUT2D eigenvalue weighted by atomic mass is 10.0. The van der Waals surface area contributed by atoms with Gasteiger partial charge in [-0.3, -0.25) is 0 Å². The molecule has 1 aromatic heterocycles. The Morgan fingerprint density at radius 1 is 1.09 bits per heavy atom. The van der Waals surface area contributed by atoms with E-state index in [2.05, 4.69) is 43.1 Å². The number of hydrogen-bond acceptors (Lipinski definition) is 3. The highest BCUT2D eigenvalue weighted by Gasteiger charge is 2.04. The van der Waals surface area contributed by atoms with E-state index in [-0.39, 0.29) is 6.61 Å². The molecule has 0 bridgehead atoms. The zero-order valence-electron chi connectivity index (χ0n) is 12.8. The SMILES string of the molecule is CC(C)c1ccc(/C=C/c2nc3cc(CO)ccc3o2)cc1. The summed E-state index contributed by atoms with van der Waals surface area (Å²) in [6, 6.07) is 14.0. The van der Waals surface area contributed by atoms with Crippen molar-refractivity contribution in [3.8, 4) is 0 Å². The summed E-state index contributed by atoms with van der Waals surface area (Å²) in [5, 5.41) is 9.14. The molecule has 0 amide bonds. The average molecular weight is 293 g/mol. The minimum atomic E-state index is 0.0101. The van der Waals surface area contributed by atoms with Crippen LogP contribution in [0.5, 0.6) is 0 Å². The number of hydrogen-bond donors (Lipinski definition) is 1. The molecule has 112 valence electrons. The number of aliphatic hydroxyl groups is 1. The van der Waals surface area contributed by atoms with Crippen molar-refractivity contribution in [3.63, 3.8) is 0 Å². The van der Waals surface area contributed by atoms with Crippen LogP contribution >= 0.6 is 0 Å². The Labute approximate surface area is 129 Å². The second kappa shape index (κ2) is 6.16. The first-order chi connectivity index (χ1) is 10.7. The molecule has 0 radical (unpaired) electrons. The highest BCUT2D eigenvalue weighted by atomic mass is 16.3. The second-order valence-corrected chi connectivity index (χ2v) is 5.67. The fourth-order valence-electron chi connectivity index (χ4n) is 2.32. The van der Waals surface area contributed by atoms with E-state index in [1.165, 1.54) is 5.56 Å². The molecule has 0 saturated heterocycles. The summed E-state index contributed by atoms with van der Waals surface area (Å²) in [4.78, 5) is 4.42. The van der Waals surface area contributed by atoms with Crippen molar-refractivity contribution in [3.05, 3.63) is 65.0 Å². The predicted octanol–water partition coefficient (Wildman–Crippen LogP) is 4.61. The van der Waals surface area contributed by atoms with Crippen LogP contribution in [0.3, 0.4) is 0 Å². The summed E-state index contributed by atoms with van der Waals surface area (Å²) in [7, 11) is 0. The maximum Gasteiger partial charge on any atom is 0.220 e. The van der Waals surface area contributed by atoms with E-state index in [1.54, 1.807) is 0 Å². The van der Waals surface area contributed by atoms with Gasteiger partial charge in [-0.05, 0) is 40.8 Å². The zero-order chi connectivity index (χ0) is 15.5. The van der Waals surface area contributed by atoms with Crippen molar-refractivity contribution in [1.29, 1.82) is 0 Å². The molecule has 3 rings (SSSR count). The standard InChI is InChI=1S/C19H19NO2/c1-13(2)16-7-3-14(4-8-16)6-10-19-20-17-11-15(12-21)5-9-18(17)22-19/h3-11,13,21H,12H2,1-2H3/b10-6+. The van der Waals surface area contributed by atoms with Gasteiger partial charge in [0.15, 0.2) is 5.58 Å². The molecular formula is C19H19NO2. The first-order valence-electron chi connectivity index (χ1n) is 7.44. The molecule has 0 unspecified atom stereocenters. The van der Waals surface area contributed by atoms with E-state index >= 15 is 0 Å². The Kier molecular flexibility index (Phi) is 4.07. The summed E-state index contributed by atoms with van der Waals surface area (Å²) < 4.78 is 5.67. The molecule has 3 aromatic rings. The average Bonchev–Trinajstić information content (AvgIpc) is 2.95. The van der Waals surface area contributed by atoms with Crippen molar-refractivity contribution >= 4 is 23.3 Å². The molecule has 2 aromatic carbocycles. The zero-order valence-corrected chi connectivity index (χ0v) is 12.8. The van der Waals surface area contributed by atoms with Crippen LogP contribution in [-0.2, 0) is 6.61 Å². The summed E-state index contributed by atoms with van der Waals surface area (Å²) in [6.45, 7) is 4.38. The third-order valence-corrected chi connectivity index (χ3v) is 3.67. The summed E-state index contributed by atoms with van der Waals surface area (Å²) >= 11 is 0. The topological polar surface area (TPSA) is 46.3 Å². The van der Waals surface area contributed by atoms with Crippen molar-refractivity contribution in [2.45, 2.75) is 26.4 Å². The molecular weight excluding hydrogens is 274 g/mol. The summed E-state index contributed by atoms with van der Waals surface area (Å²) in [5.74, 6) is 1.11. The second-order valence-electron chi connectivity index (χ2n) is 5.67. The number of benzene rings is 2. The third kappa shape index (κ3) is 3.10. The first kappa shape index (κ1) is 14.5. The van der Waals surface area contributed by atoms with Crippen molar-refractivity contribution in [1.82, 2.24) is 4.98 Å². The van der Waals surface area contributed by atoms with Gasteiger partial charge in [0.05, 0.1) is 6.61 Å². The Morgan fingerprint density at radius 3 is 2.55 bits per heavy atom. The fourth-order valence-corrected chi connectivity index (χ4v) is 2.32. The lowest BCUT2D eigenvalue weighted by molar-refractivity contribution is 0.282. The summed E-state index contributed by atoms with van der Waals surface area (Å²) in [6.07, 6.45) is 3.85. The Morgan fingerprint density at radius 2 is 1.86 bits per heavy atom. The molecule has 0 aliphatic carbocycles. The van der Waals surface area contributed by atoms with E-state index < -0.39 is 0 Å². The molecule has 0 saturated carbocycles. The van der Waals surface area contributed by atoms with Crippen LogP contribution in [0, 0.1) is 0 Å². The Balaban J connectivity index is 1.82. The van der Waals surface area contributed by atoms with Gasteiger partial charge in [-0.2, -0.15) is 0 Å². The quantitative estimate of drug-likeness (QED) is 0.763. The maximum atomic E-state index is 9.14. The van der Waals surface area contributed by atoms with Crippen molar-refractivity contribution in [2.75, 3.05) is 0 Å². The number of aliphatic hydroxyl groups excluding tert-OH is 1. The predicted molar refractivity (Wildman–Crippen MR) is 89.4 cm³/mol. The normalized spacial score (nSPS) is 11.8. The number of fused-ring (bicyclic) bond motifs is 1. The highest BCUT2D eigenvalue weighted by molar-refractivity contribution is 5.76. The van der Waals surface area contributed by atoms with Gasteiger partial charge in [0.2, 0.25) is 5.89 Å². The fraction of sp³-hybridized carbons (Fsp3) is 0.211. The van der Waals surface area contributed by atoms with Gasteiger partial charge in [0, 0.05) is 6.08 Å². The van der Waals surface area contributed by atoms with Gasteiger partial charge in [0.25, 0.3) is 0 Å². The Bertz CT molecular complexity index is 798. The van der Waals surface area contributed by atoms with Crippen molar-refractivity contribution < 1.29 is 9.52 Å². The van der Waals surface area contributed by atoms with Crippen LogP contribution in [0.1, 0.15) is 42.3 Å². The van der Waals surface area contributed by atoms with Gasteiger partial charge in [0.1, 0.15) is 5.52 Å². The molecule has 0 aliphatic heterocycles. The van der Waals surface area contributed by atoms with E-state index in [9.17, 15) is 0 Å². The summed E-state index contributed by atoms with van der Waals surface area (Å²) in [5.41, 5.74) is 4.77. The van der Waals surface area contributed by atoms with Crippen LogP contribution < -0.4 is 0 Å². The third-order valence-electron chi connectivity index (χ3n) is 3.67. The van der Waals surface area contributed by atoms with Gasteiger partial charge >= 0.3 is 0 Å². The molecule has 3 nitrogen and oxygen atoms in total. The van der Waals surface area contributed by atoms with Crippen LogP contribution in [0.2, 0.25) is 0 Å². The molecule has 0 fully saturated rings. The minimum Gasteiger partial charge on any atom is -0.437 e. The van der Waals surface area contributed by atoms with E-state index in [0.29, 0.717) is 11.8 Å². The van der Waals surface area contributed by atoms with E-state index in [1.807, 2.05) is 30.4 Å². The molecule has 22 heavy (non-hydrogen) atoms. The van der Waals surface area contributed by atoms with Crippen LogP contribution in [0.4, 0.5) is 0 Å². The molecule has 3 heteroatoms. The highest BCUT2D eigenvalue weighted by Crippen LogP contribution is 2.20. The number of nitrogens with zero attached hydrogens (tertiary/aromatic N) is 1.